The molecule has 5 heterocycles. The number of ether oxygens (including phenoxy) is 2. The Morgan fingerprint density at radius 1 is 1.24 bits per heavy atom. The van der Waals surface area contributed by atoms with Crippen molar-refractivity contribution in [1.82, 2.24) is 29.0 Å². The van der Waals surface area contributed by atoms with Gasteiger partial charge in [-0.3, -0.25) is 19.3 Å². The molecule has 2 aliphatic rings. The molecule has 13 nitrogen and oxygen atoms in total. The van der Waals surface area contributed by atoms with Crippen LogP contribution < -0.4 is 10.9 Å². The molecule has 1 N–H and O–H groups in total. The van der Waals surface area contributed by atoms with Gasteiger partial charge < -0.3 is 24.3 Å². The summed E-state index contributed by atoms with van der Waals surface area (Å²) in [6.45, 7) is 7.79. The topological polar surface area (TPSA) is 140 Å². The summed E-state index contributed by atoms with van der Waals surface area (Å²) in [5.74, 6) is -1.39. The molecule has 0 aliphatic carbocycles. The lowest BCUT2D eigenvalue weighted by Crippen LogP contribution is -2.54. The molecule has 14 heteroatoms. The van der Waals surface area contributed by atoms with Gasteiger partial charge in [0.2, 0.25) is 5.91 Å². The van der Waals surface area contributed by atoms with Crippen molar-refractivity contribution in [2.45, 2.75) is 58.8 Å². The van der Waals surface area contributed by atoms with Gasteiger partial charge in [-0.1, -0.05) is 6.92 Å². The summed E-state index contributed by atoms with van der Waals surface area (Å²) in [6.07, 6.45) is 1.01. The number of morpholine rings is 1. The maximum Gasteiger partial charge on any atom is 0.410 e. The minimum atomic E-state index is -0.696. The number of anilines is 1. The third kappa shape index (κ3) is 5.78. The van der Waals surface area contributed by atoms with Crippen molar-refractivity contribution in [3.8, 4) is 0 Å². The average Bonchev–Trinajstić information content (AvgIpc) is 3.49. The van der Waals surface area contributed by atoms with Crippen LogP contribution in [0.2, 0.25) is 0 Å². The average molecular weight is 570 g/mol. The minimum absolute atomic E-state index is 0.0238. The number of fused-ring (bicyclic) bond motifs is 2. The molecule has 0 aromatic carbocycles. The van der Waals surface area contributed by atoms with E-state index in [-0.39, 0.29) is 43.3 Å². The first kappa shape index (κ1) is 28.2. The first-order chi connectivity index (χ1) is 19.4. The molecular weight excluding hydrogens is 537 g/mol. The van der Waals surface area contributed by atoms with Crippen molar-refractivity contribution in [3.63, 3.8) is 0 Å². The van der Waals surface area contributed by atoms with Gasteiger partial charge in [0, 0.05) is 19.2 Å². The van der Waals surface area contributed by atoms with Crippen molar-refractivity contribution >= 4 is 29.4 Å². The Kier molecular flexibility index (Phi) is 7.51. The summed E-state index contributed by atoms with van der Waals surface area (Å²) >= 11 is 0. The molecule has 0 radical (unpaired) electrons. The number of amides is 3. The highest BCUT2D eigenvalue weighted by Crippen LogP contribution is 2.25. The number of hydrogen-bond donors (Lipinski definition) is 1. The van der Waals surface area contributed by atoms with E-state index in [1.807, 2.05) is 6.92 Å². The largest absolute Gasteiger partial charge is 0.444 e. The fourth-order valence-electron chi connectivity index (χ4n) is 4.94. The van der Waals surface area contributed by atoms with Crippen LogP contribution in [-0.4, -0.2) is 84.8 Å². The van der Waals surface area contributed by atoms with Gasteiger partial charge in [0.1, 0.15) is 35.1 Å². The number of aromatic nitrogens is 4. The van der Waals surface area contributed by atoms with Gasteiger partial charge in [0.15, 0.2) is 0 Å². The SMILES string of the molecule is CCc1cc2n(CC(=O)Nc3ccc(F)cn3)c3c(c(=O)n2n1)CN(C[C@@H]1COCCN1C(=O)OC(C)(C)C)C3=O. The molecule has 218 valence electrons. The van der Waals surface area contributed by atoms with E-state index in [1.54, 1.807) is 31.7 Å². The van der Waals surface area contributed by atoms with E-state index in [0.717, 1.165) is 6.20 Å². The summed E-state index contributed by atoms with van der Waals surface area (Å²) in [7, 11) is 0. The number of hydrogen-bond acceptors (Lipinski definition) is 8. The van der Waals surface area contributed by atoms with Gasteiger partial charge in [-0.05, 0) is 39.3 Å². The van der Waals surface area contributed by atoms with Crippen molar-refractivity contribution in [3.05, 3.63) is 57.5 Å². The predicted octanol–water partition coefficient (Wildman–Crippen LogP) is 1.82. The maximum absolute atomic E-state index is 13.8. The highest BCUT2D eigenvalue weighted by atomic mass is 19.1. The Morgan fingerprint density at radius 2 is 2.02 bits per heavy atom. The third-order valence-electron chi connectivity index (χ3n) is 6.81. The first-order valence-corrected chi connectivity index (χ1v) is 13.4. The summed E-state index contributed by atoms with van der Waals surface area (Å²) in [5.41, 5.74) is 0.0375. The third-order valence-corrected chi connectivity index (χ3v) is 6.81. The zero-order chi connectivity index (χ0) is 29.5. The fourth-order valence-corrected chi connectivity index (χ4v) is 4.94. The lowest BCUT2D eigenvalue weighted by atomic mass is 10.2. The quantitative estimate of drug-likeness (QED) is 0.474. The number of aryl methyl sites for hydroxylation is 1. The second-order valence-corrected chi connectivity index (χ2v) is 11.0. The molecule has 0 unspecified atom stereocenters. The molecule has 3 aromatic rings. The molecular formula is C27H32FN7O6. The van der Waals surface area contributed by atoms with E-state index >= 15 is 0 Å². The fraction of sp³-hybridized carbons (Fsp3) is 0.481. The highest BCUT2D eigenvalue weighted by Gasteiger charge is 2.39. The monoisotopic (exact) mass is 569 g/mol. The lowest BCUT2D eigenvalue weighted by Gasteiger charge is -2.38. The van der Waals surface area contributed by atoms with Gasteiger partial charge in [-0.15, -0.1) is 0 Å². The van der Waals surface area contributed by atoms with Crippen LogP contribution in [0.4, 0.5) is 15.0 Å². The number of carbonyl (C=O) groups excluding carboxylic acids is 3. The Bertz CT molecular complexity index is 1560. The maximum atomic E-state index is 13.8. The Hall–Kier alpha value is -4.33. The number of rotatable bonds is 6. The number of nitrogens with zero attached hydrogens (tertiary/aromatic N) is 6. The molecule has 3 aromatic heterocycles. The smallest absolute Gasteiger partial charge is 0.410 e. The molecule has 2 aliphatic heterocycles. The van der Waals surface area contributed by atoms with Gasteiger partial charge in [-0.2, -0.15) is 9.61 Å². The lowest BCUT2D eigenvalue weighted by molar-refractivity contribution is -0.116. The van der Waals surface area contributed by atoms with Crippen LogP contribution in [0, 0.1) is 5.82 Å². The van der Waals surface area contributed by atoms with E-state index in [9.17, 15) is 23.6 Å². The minimum Gasteiger partial charge on any atom is -0.444 e. The Labute approximate surface area is 234 Å². The van der Waals surface area contributed by atoms with E-state index in [4.69, 9.17) is 9.47 Å². The first-order valence-electron chi connectivity index (χ1n) is 13.4. The summed E-state index contributed by atoms with van der Waals surface area (Å²) < 4.78 is 27.1. The predicted molar refractivity (Wildman–Crippen MR) is 144 cm³/mol. The van der Waals surface area contributed by atoms with Gasteiger partial charge in [0.25, 0.3) is 11.5 Å². The summed E-state index contributed by atoms with van der Waals surface area (Å²) in [4.78, 5) is 60.1. The van der Waals surface area contributed by atoms with Crippen LogP contribution in [-0.2, 0) is 33.8 Å². The molecule has 0 saturated carbocycles. The molecule has 5 rings (SSSR count). The zero-order valence-electron chi connectivity index (χ0n) is 23.3. The second kappa shape index (κ2) is 10.9. The van der Waals surface area contributed by atoms with Crippen LogP contribution in [0.15, 0.2) is 29.2 Å². The molecule has 41 heavy (non-hydrogen) atoms. The van der Waals surface area contributed by atoms with E-state index in [2.05, 4.69) is 15.4 Å². The van der Waals surface area contributed by atoms with Gasteiger partial charge in [0.05, 0.1) is 43.3 Å². The Morgan fingerprint density at radius 3 is 2.71 bits per heavy atom. The van der Waals surface area contributed by atoms with Crippen LogP contribution >= 0.6 is 0 Å². The van der Waals surface area contributed by atoms with Gasteiger partial charge >= 0.3 is 6.09 Å². The Balaban J connectivity index is 1.45. The number of carbonyl (C=O) groups is 3. The molecule has 0 spiro atoms. The molecule has 1 saturated heterocycles. The van der Waals surface area contributed by atoms with Crippen molar-refractivity contribution in [1.29, 1.82) is 0 Å². The molecule has 1 atom stereocenters. The van der Waals surface area contributed by atoms with E-state index < -0.39 is 40.9 Å². The summed E-state index contributed by atoms with van der Waals surface area (Å²) in [5, 5.41) is 6.98. The number of nitrogens with one attached hydrogen (secondary N) is 1. The zero-order valence-corrected chi connectivity index (χ0v) is 23.3. The van der Waals surface area contributed by atoms with E-state index in [1.165, 1.54) is 26.1 Å². The van der Waals surface area contributed by atoms with E-state index in [0.29, 0.717) is 30.9 Å². The van der Waals surface area contributed by atoms with Crippen LogP contribution in [0.3, 0.4) is 0 Å². The highest BCUT2D eigenvalue weighted by molar-refractivity contribution is 5.98. The van der Waals surface area contributed by atoms with Crippen molar-refractivity contribution in [2.24, 2.45) is 0 Å². The van der Waals surface area contributed by atoms with Crippen molar-refractivity contribution in [2.75, 3.05) is 31.6 Å². The van der Waals surface area contributed by atoms with Crippen LogP contribution in [0.1, 0.15) is 49.4 Å². The number of halogens is 1. The molecule has 0 bridgehead atoms. The van der Waals surface area contributed by atoms with Gasteiger partial charge in [-0.25, -0.2) is 14.2 Å². The van der Waals surface area contributed by atoms with Crippen molar-refractivity contribution < 1.29 is 28.2 Å². The van der Waals surface area contributed by atoms with Crippen LogP contribution in [0.25, 0.3) is 5.65 Å². The standard InChI is InChI=1S/C27H32FN7O6/c1-5-17-10-22-34(14-21(36)30-20-7-6-16(28)11-29-20)23-19(24(37)35(22)31-17)13-32(25(23)38)12-18-15-40-9-8-33(18)26(39)41-27(2,3)4/h6-7,10-11,18H,5,8-9,12-15H2,1-4H3,(H,29,30,36)/t18-/m1/s1. The molecule has 3 amide bonds. The second-order valence-electron chi connectivity index (χ2n) is 11.0. The summed E-state index contributed by atoms with van der Waals surface area (Å²) in [6, 6.07) is 3.66. The normalized spacial score (nSPS) is 17.2. The number of pyridine rings is 1. The molecule has 1 fully saturated rings. The van der Waals surface area contributed by atoms with Crippen LogP contribution in [0.5, 0.6) is 0 Å².